The highest BCUT2D eigenvalue weighted by Crippen LogP contribution is 2.34. The maximum atomic E-state index is 13.5. The van der Waals surface area contributed by atoms with Crippen LogP contribution >= 0.6 is 0 Å². The number of carbonyl (C=O) groups is 3. The Morgan fingerprint density at radius 1 is 1.03 bits per heavy atom. The number of ether oxygens (including phenoxy) is 1. The third-order valence-corrected chi connectivity index (χ3v) is 6.75. The average molecular weight is 478 g/mol. The summed E-state index contributed by atoms with van der Waals surface area (Å²) >= 11 is 0. The summed E-state index contributed by atoms with van der Waals surface area (Å²) < 4.78 is 5.63. The largest absolute Gasteiger partial charge is 0.444 e. The van der Waals surface area contributed by atoms with E-state index in [0.717, 1.165) is 12.0 Å². The Labute approximate surface area is 207 Å². The highest BCUT2D eigenvalue weighted by atomic mass is 16.6. The molecule has 3 atom stereocenters. The summed E-state index contributed by atoms with van der Waals surface area (Å²) in [5, 5.41) is 2.86. The Morgan fingerprint density at radius 3 is 2.40 bits per heavy atom. The maximum absolute atomic E-state index is 13.5. The summed E-state index contributed by atoms with van der Waals surface area (Å²) in [6.45, 7) is 7.23. The second-order valence-electron chi connectivity index (χ2n) is 10.7. The lowest BCUT2D eigenvalue weighted by molar-refractivity contribution is -0.134. The first-order chi connectivity index (χ1) is 16.6. The smallest absolute Gasteiger partial charge is 0.410 e. The normalized spacial score (nSPS) is 21.8. The third-order valence-electron chi connectivity index (χ3n) is 6.75. The first-order valence-electron chi connectivity index (χ1n) is 12.3. The second-order valence-corrected chi connectivity index (χ2v) is 10.7. The molecule has 7 heteroatoms. The number of anilines is 1. The third kappa shape index (κ3) is 6.02. The van der Waals surface area contributed by atoms with Crippen molar-refractivity contribution in [3.8, 4) is 0 Å². The van der Waals surface area contributed by atoms with Crippen molar-refractivity contribution in [3.63, 3.8) is 0 Å². The summed E-state index contributed by atoms with van der Waals surface area (Å²) in [7, 11) is 1.80. The van der Waals surface area contributed by atoms with Crippen molar-refractivity contribution < 1.29 is 19.1 Å². The van der Waals surface area contributed by atoms with Crippen molar-refractivity contribution in [2.45, 2.75) is 45.1 Å². The van der Waals surface area contributed by atoms with Crippen molar-refractivity contribution in [2.75, 3.05) is 32.0 Å². The van der Waals surface area contributed by atoms with Gasteiger partial charge >= 0.3 is 6.09 Å². The number of carbonyl (C=O) groups excluding carboxylic acids is 3. The van der Waals surface area contributed by atoms with Gasteiger partial charge in [-0.15, -0.1) is 0 Å². The molecule has 1 N–H and O–H groups in total. The van der Waals surface area contributed by atoms with E-state index in [-0.39, 0.29) is 36.2 Å². The molecule has 0 bridgehead atoms. The summed E-state index contributed by atoms with van der Waals surface area (Å²) in [5.74, 6) is -0.414. The minimum atomic E-state index is -0.564. The lowest BCUT2D eigenvalue weighted by atomic mass is 9.87. The monoisotopic (exact) mass is 477 g/mol. The number of hydrogen-bond acceptors (Lipinski definition) is 4. The molecule has 186 valence electrons. The molecule has 35 heavy (non-hydrogen) atoms. The van der Waals surface area contributed by atoms with Crippen molar-refractivity contribution in [1.82, 2.24) is 9.80 Å². The van der Waals surface area contributed by atoms with Gasteiger partial charge in [-0.3, -0.25) is 9.59 Å². The molecule has 7 nitrogen and oxygen atoms in total. The van der Waals surface area contributed by atoms with Crippen molar-refractivity contribution >= 4 is 23.6 Å². The van der Waals surface area contributed by atoms with Crippen LogP contribution in [0.2, 0.25) is 0 Å². The number of benzene rings is 2. The van der Waals surface area contributed by atoms with Gasteiger partial charge in [0.15, 0.2) is 0 Å². The molecular weight excluding hydrogens is 442 g/mol. The van der Waals surface area contributed by atoms with Gasteiger partial charge in [0, 0.05) is 38.8 Å². The van der Waals surface area contributed by atoms with Crippen LogP contribution in [-0.2, 0) is 20.7 Å². The Hall–Kier alpha value is -3.35. The van der Waals surface area contributed by atoms with Crippen LogP contribution in [0.15, 0.2) is 54.6 Å². The van der Waals surface area contributed by atoms with Crippen molar-refractivity contribution in [2.24, 2.45) is 11.8 Å². The molecule has 0 saturated carbocycles. The Balaban J connectivity index is 1.50. The number of likely N-dealkylation sites (tertiary alicyclic amines) is 1. The lowest BCUT2D eigenvalue weighted by Crippen LogP contribution is -2.40. The number of rotatable bonds is 5. The molecule has 2 aliphatic heterocycles. The molecule has 0 spiro atoms. The summed E-state index contributed by atoms with van der Waals surface area (Å²) in [6.07, 6.45) is 0.647. The van der Waals surface area contributed by atoms with Crippen LogP contribution in [0.5, 0.6) is 0 Å². The molecule has 4 rings (SSSR count). The van der Waals surface area contributed by atoms with Gasteiger partial charge in [0.1, 0.15) is 5.60 Å². The van der Waals surface area contributed by atoms with Crippen LogP contribution in [0.25, 0.3) is 0 Å². The van der Waals surface area contributed by atoms with Gasteiger partial charge in [0.05, 0.1) is 5.92 Å². The van der Waals surface area contributed by atoms with Gasteiger partial charge in [-0.2, -0.15) is 0 Å². The zero-order valence-corrected chi connectivity index (χ0v) is 21.0. The van der Waals surface area contributed by atoms with E-state index in [1.165, 1.54) is 5.56 Å². The van der Waals surface area contributed by atoms with Crippen LogP contribution in [0.1, 0.15) is 44.2 Å². The SMILES string of the molecule is CN(CC1CN(C(=O)OC(C)(C)C)CC1Cc1ccccc1)C(=O)C1CC(=O)Nc2ccccc21. The van der Waals surface area contributed by atoms with Crippen molar-refractivity contribution in [3.05, 3.63) is 65.7 Å². The van der Waals surface area contributed by atoms with E-state index in [0.29, 0.717) is 25.3 Å². The van der Waals surface area contributed by atoms with E-state index in [1.807, 2.05) is 63.2 Å². The Morgan fingerprint density at radius 2 is 1.69 bits per heavy atom. The number of nitrogens with one attached hydrogen (secondary N) is 1. The molecular formula is C28H35N3O4. The zero-order valence-electron chi connectivity index (χ0n) is 21.0. The molecule has 1 fully saturated rings. The summed E-state index contributed by atoms with van der Waals surface area (Å²) in [6, 6.07) is 17.7. The lowest BCUT2D eigenvalue weighted by Gasteiger charge is -2.31. The zero-order chi connectivity index (χ0) is 25.2. The molecule has 2 aromatic carbocycles. The number of nitrogens with zero attached hydrogens (tertiary/aromatic N) is 2. The number of likely N-dealkylation sites (N-methyl/N-ethyl adjacent to an activating group) is 1. The van der Waals surface area contributed by atoms with Gasteiger partial charge in [0.2, 0.25) is 11.8 Å². The van der Waals surface area contributed by atoms with Crippen LogP contribution in [0.4, 0.5) is 10.5 Å². The Kier molecular flexibility index (Phi) is 7.15. The predicted molar refractivity (Wildman–Crippen MR) is 135 cm³/mol. The molecule has 0 aromatic heterocycles. The van der Waals surface area contributed by atoms with Crippen molar-refractivity contribution in [1.29, 1.82) is 0 Å². The topological polar surface area (TPSA) is 79.0 Å². The average Bonchev–Trinajstić information content (AvgIpc) is 3.19. The quantitative estimate of drug-likeness (QED) is 0.697. The predicted octanol–water partition coefficient (Wildman–Crippen LogP) is 4.30. The highest BCUT2D eigenvalue weighted by molar-refractivity contribution is 6.01. The van der Waals surface area contributed by atoms with E-state index < -0.39 is 11.5 Å². The number of fused-ring (bicyclic) bond motifs is 1. The van der Waals surface area contributed by atoms with Gasteiger partial charge in [-0.1, -0.05) is 48.5 Å². The molecule has 2 heterocycles. The van der Waals surface area contributed by atoms with Crippen LogP contribution < -0.4 is 5.32 Å². The molecule has 0 radical (unpaired) electrons. The number of amides is 3. The number of hydrogen-bond donors (Lipinski definition) is 1. The molecule has 3 amide bonds. The van der Waals surface area contributed by atoms with Gasteiger partial charge in [0.25, 0.3) is 0 Å². The second kappa shape index (κ2) is 10.1. The minimum absolute atomic E-state index is 0.0681. The summed E-state index contributed by atoms with van der Waals surface area (Å²) in [5.41, 5.74) is 2.20. The maximum Gasteiger partial charge on any atom is 0.410 e. The Bertz CT molecular complexity index is 1080. The van der Waals surface area contributed by atoms with E-state index in [4.69, 9.17) is 4.74 Å². The van der Waals surface area contributed by atoms with Gasteiger partial charge in [-0.05, 0) is 56.2 Å². The van der Waals surface area contributed by atoms with E-state index in [2.05, 4.69) is 17.4 Å². The molecule has 2 aromatic rings. The first kappa shape index (κ1) is 24.8. The molecule has 0 aliphatic carbocycles. The van der Waals surface area contributed by atoms with E-state index >= 15 is 0 Å². The van der Waals surface area contributed by atoms with Gasteiger partial charge < -0.3 is 19.9 Å². The van der Waals surface area contributed by atoms with E-state index in [1.54, 1.807) is 16.8 Å². The van der Waals surface area contributed by atoms with Crippen LogP contribution in [-0.4, -0.2) is 60.0 Å². The van der Waals surface area contributed by atoms with Crippen LogP contribution in [0, 0.1) is 11.8 Å². The van der Waals surface area contributed by atoms with Crippen LogP contribution in [0.3, 0.4) is 0 Å². The number of para-hydroxylation sites is 1. The fourth-order valence-electron chi connectivity index (χ4n) is 5.11. The summed E-state index contributed by atoms with van der Waals surface area (Å²) in [4.78, 5) is 42.1. The molecule has 2 aliphatic rings. The standard InChI is InChI=1S/C28H35N3O4/c1-28(2,3)35-27(34)31-17-20(14-19-10-6-5-7-11-19)21(18-31)16-30(4)26(33)23-15-25(32)29-24-13-9-8-12-22(23)24/h5-13,20-21,23H,14-18H2,1-4H3,(H,29,32). The molecule has 3 unspecified atom stereocenters. The highest BCUT2D eigenvalue weighted by Gasteiger charge is 2.39. The first-order valence-corrected chi connectivity index (χ1v) is 12.3. The fourth-order valence-corrected chi connectivity index (χ4v) is 5.11. The van der Waals surface area contributed by atoms with Gasteiger partial charge in [-0.25, -0.2) is 4.79 Å². The molecule has 1 saturated heterocycles. The minimum Gasteiger partial charge on any atom is -0.444 e. The fraction of sp³-hybridized carbons (Fsp3) is 0.464. The van der Waals surface area contributed by atoms with E-state index in [9.17, 15) is 14.4 Å².